The summed E-state index contributed by atoms with van der Waals surface area (Å²) >= 11 is 1.65. The fourth-order valence-electron chi connectivity index (χ4n) is 2.06. The van der Waals surface area contributed by atoms with Crippen molar-refractivity contribution in [2.45, 2.75) is 4.90 Å². The topological polar surface area (TPSA) is 35.5 Å². The van der Waals surface area contributed by atoms with E-state index < -0.39 is 0 Å². The first kappa shape index (κ1) is 16.2. The van der Waals surface area contributed by atoms with Crippen LogP contribution >= 0.6 is 11.8 Å². The molecule has 2 aromatic rings. The van der Waals surface area contributed by atoms with Gasteiger partial charge in [-0.2, -0.15) is 0 Å². The van der Waals surface area contributed by atoms with Crippen molar-refractivity contribution in [2.75, 3.05) is 20.5 Å². The minimum Gasteiger partial charge on any atom is -0.493 e. The third kappa shape index (κ3) is 3.71. The minimum atomic E-state index is -0.0440. The second-order valence-electron chi connectivity index (χ2n) is 4.51. The van der Waals surface area contributed by atoms with E-state index in [1.165, 1.54) is 0 Å². The Morgan fingerprint density at radius 1 is 1.05 bits per heavy atom. The van der Waals surface area contributed by atoms with Gasteiger partial charge in [0.2, 0.25) is 0 Å². The SMILES string of the molecule is COc1cccc(C=CC(=O)c2ccc(SC)cc2)c1OC. The lowest BCUT2D eigenvalue weighted by Gasteiger charge is -2.09. The van der Waals surface area contributed by atoms with Crippen LogP contribution in [0.3, 0.4) is 0 Å². The lowest BCUT2D eigenvalue weighted by atomic mass is 10.1. The van der Waals surface area contributed by atoms with Gasteiger partial charge in [0.1, 0.15) is 0 Å². The van der Waals surface area contributed by atoms with Crippen LogP contribution in [0.15, 0.2) is 53.4 Å². The van der Waals surface area contributed by atoms with Crippen molar-refractivity contribution < 1.29 is 14.3 Å². The van der Waals surface area contributed by atoms with Gasteiger partial charge in [0.15, 0.2) is 17.3 Å². The highest BCUT2D eigenvalue weighted by Crippen LogP contribution is 2.31. The Kier molecular flexibility index (Phi) is 5.67. The summed E-state index contributed by atoms with van der Waals surface area (Å²) in [6.45, 7) is 0. The summed E-state index contributed by atoms with van der Waals surface area (Å²) in [5, 5.41) is 0. The molecule has 0 spiro atoms. The molecule has 0 saturated carbocycles. The van der Waals surface area contributed by atoms with Gasteiger partial charge in [-0.3, -0.25) is 4.79 Å². The first-order valence-electron chi connectivity index (χ1n) is 6.77. The summed E-state index contributed by atoms with van der Waals surface area (Å²) in [7, 11) is 3.17. The first-order chi connectivity index (χ1) is 10.7. The van der Waals surface area contributed by atoms with E-state index in [0.717, 1.165) is 10.5 Å². The standard InChI is InChI=1S/C18H18O3S/c1-20-17-6-4-5-14(18(17)21-2)9-12-16(19)13-7-10-15(22-3)11-8-13/h4-12H,1-3H3. The van der Waals surface area contributed by atoms with E-state index in [-0.39, 0.29) is 5.78 Å². The lowest BCUT2D eigenvalue weighted by molar-refractivity contribution is 0.104. The lowest BCUT2D eigenvalue weighted by Crippen LogP contribution is -1.95. The number of methoxy groups -OCH3 is 2. The molecule has 0 atom stereocenters. The molecule has 114 valence electrons. The van der Waals surface area contributed by atoms with Crippen molar-refractivity contribution in [3.05, 3.63) is 59.7 Å². The molecule has 0 aliphatic heterocycles. The molecule has 0 N–H and O–H groups in total. The van der Waals surface area contributed by atoms with Crippen LogP contribution in [0, 0.1) is 0 Å². The summed E-state index contributed by atoms with van der Waals surface area (Å²) in [6, 6.07) is 13.1. The maximum atomic E-state index is 12.2. The van der Waals surface area contributed by atoms with Gasteiger partial charge in [-0.05, 0) is 48.7 Å². The third-order valence-corrected chi connectivity index (χ3v) is 3.97. The fourth-order valence-corrected chi connectivity index (χ4v) is 2.47. The second-order valence-corrected chi connectivity index (χ2v) is 5.39. The molecule has 0 aromatic heterocycles. The average molecular weight is 314 g/mol. The van der Waals surface area contributed by atoms with Gasteiger partial charge in [0, 0.05) is 16.0 Å². The Hall–Kier alpha value is -2.20. The highest BCUT2D eigenvalue weighted by molar-refractivity contribution is 7.98. The van der Waals surface area contributed by atoms with Crippen LogP contribution < -0.4 is 9.47 Å². The molecule has 0 unspecified atom stereocenters. The predicted octanol–water partition coefficient (Wildman–Crippen LogP) is 4.32. The number of ketones is 1. The molecule has 3 nitrogen and oxygen atoms in total. The summed E-state index contributed by atoms with van der Waals surface area (Å²) in [5.74, 6) is 1.21. The smallest absolute Gasteiger partial charge is 0.185 e. The molecule has 0 heterocycles. The van der Waals surface area contributed by atoms with Crippen LogP contribution in [0.2, 0.25) is 0 Å². The number of hydrogen-bond acceptors (Lipinski definition) is 4. The van der Waals surface area contributed by atoms with Gasteiger partial charge < -0.3 is 9.47 Å². The number of carbonyl (C=O) groups excluding carboxylic acids is 1. The van der Waals surface area contributed by atoms with Gasteiger partial charge in [-0.15, -0.1) is 11.8 Å². The molecule has 0 radical (unpaired) electrons. The van der Waals surface area contributed by atoms with Crippen molar-refractivity contribution in [1.82, 2.24) is 0 Å². The zero-order chi connectivity index (χ0) is 15.9. The zero-order valence-electron chi connectivity index (χ0n) is 12.8. The molecule has 22 heavy (non-hydrogen) atoms. The molecule has 0 amide bonds. The third-order valence-electron chi connectivity index (χ3n) is 3.22. The predicted molar refractivity (Wildman–Crippen MR) is 91.1 cm³/mol. The molecule has 0 fully saturated rings. The Morgan fingerprint density at radius 2 is 1.77 bits per heavy atom. The molecular weight excluding hydrogens is 296 g/mol. The van der Waals surface area contributed by atoms with Crippen LogP contribution in [0.4, 0.5) is 0 Å². The summed E-state index contributed by atoms with van der Waals surface area (Å²) < 4.78 is 10.6. The fraction of sp³-hybridized carbons (Fsp3) is 0.167. The van der Waals surface area contributed by atoms with Crippen LogP contribution in [0.1, 0.15) is 15.9 Å². The van der Waals surface area contributed by atoms with Gasteiger partial charge in [-0.25, -0.2) is 0 Å². The first-order valence-corrected chi connectivity index (χ1v) is 7.99. The van der Waals surface area contributed by atoms with Crippen LogP contribution in [0.5, 0.6) is 11.5 Å². The summed E-state index contributed by atoms with van der Waals surface area (Å²) in [5.41, 5.74) is 1.46. The number of thioether (sulfide) groups is 1. The van der Waals surface area contributed by atoms with E-state index in [0.29, 0.717) is 17.1 Å². The second kappa shape index (κ2) is 7.71. The Labute approximate surface area is 135 Å². The number of allylic oxidation sites excluding steroid dienone is 1. The van der Waals surface area contributed by atoms with E-state index in [1.807, 2.05) is 48.7 Å². The Balaban J connectivity index is 2.22. The van der Waals surface area contributed by atoms with E-state index in [4.69, 9.17) is 9.47 Å². The minimum absolute atomic E-state index is 0.0440. The maximum Gasteiger partial charge on any atom is 0.185 e. The highest BCUT2D eigenvalue weighted by Gasteiger charge is 2.08. The van der Waals surface area contributed by atoms with Crippen LogP contribution in [0.25, 0.3) is 6.08 Å². The zero-order valence-corrected chi connectivity index (χ0v) is 13.6. The number of carbonyl (C=O) groups is 1. The van der Waals surface area contributed by atoms with Crippen LogP contribution in [-0.2, 0) is 0 Å². The van der Waals surface area contributed by atoms with Crippen molar-refractivity contribution in [2.24, 2.45) is 0 Å². The van der Waals surface area contributed by atoms with Crippen LogP contribution in [-0.4, -0.2) is 26.3 Å². The van der Waals surface area contributed by atoms with Crippen molar-refractivity contribution in [3.63, 3.8) is 0 Å². The largest absolute Gasteiger partial charge is 0.493 e. The van der Waals surface area contributed by atoms with Crippen molar-refractivity contribution in [1.29, 1.82) is 0 Å². The summed E-state index contributed by atoms with van der Waals surface area (Å²) in [4.78, 5) is 13.3. The van der Waals surface area contributed by atoms with E-state index in [1.54, 1.807) is 38.1 Å². The Bertz CT molecular complexity index is 675. The van der Waals surface area contributed by atoms with E-state index >= 15 is 0 Å². The molecule has 0 aliphatic carbocycles. The average Bonchev–Trinajstić information content (AvgIpc) is 2.59. The van der Waals surface area contributed by atoms with E-state index in [9.17, 15) is 4.79 Å². The number of benzene rings is 2. The van der Waals surface area contributed by atoms with E-state index in [2.05, 4.69) is 0 Å². The van der Waals surface area contributed by atoms with Crippen molar-refractivity contribution >= 4 is 23.6 Å². The highest BCUT2D eigenvalue weighted by atomic mass is 32.2. The van der Waals surface area contributed by atoms with Gasteiger partial charge in [-0.1, -0.05) is 12.1 Å². The molecule has 2 aromatic carbocycles. The van der Waals surface area contributed by atoms with Gasteiger partial charge in [0.25, 0.3) is 0 Å². The molecular formula is C18H18O3S. The van der Waals surface area contributed by atoms with Gasteiger partial charge >= 0.3 is 0 Å². The quantitative estimate of drug-likeness (QED) is 0.452. The number of ether oxygens (including phenoxy) is 2. The number of hydrogen-bond donors (Lipinski definition) is 0. The number of rotatable bonds is 6. The normalized spacial score (nSPS) is 10.7. The monoisotopic (exact) mass is 314 g/mol. The molecule has 2 rings (SSSR count). The molecule has 0 saturated heterocycles. The molecule has 0 bridgehead atoms. The summed E-state index contributed by atoms with van der Waals surface area (Å²) in [6.07, 6.45) is 5.29. The molecule has 0 aliphatic rings. The molecule has 4 heteroatoms. The maximum absolute atomic E-state index is 12.2. The van der Waals surface area contributed by atoms with Gasteiger partial charge in [0.05, 0.1) is 14.2 Å². The number of para-hydroxylation sites is 1. The Morgan fingerprint density at radius 3 is 2.36 bits per heavy atom. The van der Waals surface area contributed by atoms with Crippen molar-refractivity contribution in [3.8, 4) is 11.5 Å².